The number of nitrogens with zero attached hydrogens (tertiary/aromatic N) is 1. The van der Waals surface area contributed by atoms with Crippen LogP contribution in [0.1, 0.15) is 39.5 Å². The minimum Gasteiger partial charge on any atom is -0.370 e. The second kappa shape index (κ2) is 7.46. The van der Waals surface area contributed by atoms with E-state index in [2.05, 4.69) is 30.1 Å². The minimum absolute atomic E-state index is 0.0897. The number of para-hydroxylation sites is 2. The maximum atomic E-state index is 12.2. The molecule has 0 spiro atoms. The summed E-state index contributed by atoms with van der Waals surface area (Å²) in [6.45, 7) is 6.28. The van der Waals surface area contributed by atoms with E-state index in [4.69, 9.17) is 5.73 Å². The molecule has 3 N–H and O–H groups in total. The lowest BCUT2D eigenvalue weighted by molar-refractivity contribution is -0.117. The van der Waals surface area contributed by atoms with Crippen LogP contribution in [0.25, 0.3) is 0 Å². The SMILES string of the molecule is CC(C)CC(N)C(=O)Nc1ccccc1N1CCCCC1. The van der Waals surface area contributed by atoms with Gasteiger partial charge in [-0.3, -0.25) is 4.79 Å². The van der Waals surface area contributed by atoms with Gasteiger partial charge >= 0.3 is 0 Å². The largest absolute Gasteiger partial charge is 0.370 e. The van der Waals surface area contributed by atoms with E-state index in [9.17, 15) is 4.79 Å². The molecule has 1 heterocycles. The number of nitrogens with two attached hydrogens (primary N) is 1. The van der Waals surface area contributed by atoms with Gasteiger partial charge in [0.15, 0.2) is 0 Å². The third-order valence-corrected chi connectivity index (χ3v) is 3.92. The second-order valence-corrected chi connectivity index (χ2v) is 6.29. The molecule has 1 aliphatic rings. The standard InChI is InChI=1S/C17H27N3O/c1-13(2)12-14(18)17(21)19-15-8-4-5-9-16(15)20-10-6-3-7-11-20/h4-5,8-9,13-14H,3,6-7,10-12,18H2,1-2H3,(H,19,21). The van der Waals surface area contributed by atoms with Crippen molar-refractivity contribution in [2.24, 2.45) is 11.7 Å². The van der Waals surface area contributed by atoms with Gasteiger partial charge in [0, 0.05) is 13.1 Å². The zero-order chi connectivity index (χ0) is 15.2. The van der Waals surface area contributed by atoms with E-state index in [0.29, 0.717) is 12.3 Å². The molecule has 1 atom stereocenters. The predicted octanol–water partition coefficient (Wildman–Crippen LogP) is 2.99. The van der Waals surface area contributed by atoms with Crippen molar-refractivity contribution >= 4 is 17.3 Å². The van der Waals surface area contributed by atoms with E-state index in [1.165, 1.54) is 19.3 Å². The van der Waals surface area contributed by atoms with Gasteiger partial charge in [0.25, 0.3) is 0 Å². The molecule has 1 aromatic carbocycles. The summed E-state index contributed by atoms with van der Waals surface area (Å²) in [7, 11) is 0. The summed E-state index contributed by atoms with van der Waals surface area (Å²) in [5.74, 6) is 0.330. The summed E-state index contributed by atoms with van der Waals surface area (Å²) in [5.41, 5.74) is 7.96. The van der Waals surface area contributed by atoms with Crippen LogP contribution in [-0.2, 0) is 4.79 Å². The lowest BCUT2D eigenvalue weighted by atomic mass is 10.0. The molecule has 1 aromatic rings. The Hall–Kier alpha value is -1.55. The highest BCUT2D eigenvalue weighted by Gasteiger charge is 2.19. The fraction of sp³-hybridized carbons (Fsp3) is 0.588. The molecule has 0 aliphatic carbocycles. The van der Waals surface area contributed by atoms with Crippen LogP contribution in [0, 0.1) is 5.92 Å². The summed E-state index contributed by atoms with van der Waals surface area (Å²) in [6.07, 6.45) is 4.44. The van der Waals surface area contributed by atoms with Crippen LogP contribution in [0.3, 0.4) is 0 Å². The molecule has 0 radical (unpaired) electrons. The Morgan fingerprint density at radius 1 is 1.24 bits per heavy atom. The van der Waals surface area contributed by atoms with Crippen LogP contribution < -0.4 is 16.0 Å². The molecule has 1 aliphatic heterocycles. The average Bonchev–Trinajstić information content (AvgIpc) is 2.48. The Morgan fingerprint density at radius 2 is 1.90 bits per heavy atom. The molecule has 2 rings (SSSR count). The van der Waals surface area contributed by atoms with Crippen LogP contribution >= 0.6 is 0 Å². The van der Waals surface area contributed by atoms with E-state index in [1.807, 2.05) is 18.2 Å². The van der Waals surface area contributed by atoms with Gasteiger partial charge in [-0.2, -0.15) is 0 Å². The van der Waals surface area contributed by atoms with Gasteiger partial charge in [-0.05, 0) is 43.7 Å². The summed E-state index contributed by atoms with van der Waals surface area (Å²) >= 11 is 0. The van der Waals surface area contributed by atoms with Gasteiger partial charge < -0.3 is 16.0 Å². The Balaban J connectivity index is 2.07. The van der Waals surface area contributed by atoms with Crippen molar-refractivity contribution in [2.45, 2.75) is 45.6 Å². The van der Waals surface area contributed by atoms with Crippen LogP contribution in [0.5, 0.6) is 0 Å². The van der Waals surface area contributed by atoms with Crippen molar-refractivity contribution in [2.75, 3.05) is 23.3 Å². The summed E-state index contributed by atoms with van der Waals surface area (Å²) in [6, 6.07) is 7.57. The molecule has 1 amide bonds. The lowest BCUT2D eigenvalue weighted by Gasteiger charge is -2.30. The van der Waals surface area contributed by atoms with Crippen molar-refractivity contribution in [3.05, 3.63) is 24.3 Å². The van der Waals surface area contributed by atoms with Crippen LogP contribution in [-0.4, -0.2) is 25.0 Å². The fourth-order valence-corrected chi connectivity index (χ4v) is 2.83. The Kier molecular flexibility index (Phi) is 5.62. The number of anilines is 2. The minimum atomic E-state index is -0.445. The monoisotopic (exact) mass is 289 g/mol. The number of carbonyl (C=O) groups excluding carboxylic acids is 1. The Morgan fingerprint density at radius 3 is 2.57 bits per heavy atom. The highest BCUT2D eigenvalue weighted by atomic mass is 16.2. The van der Waals surface area contributed by atoms with Crippen LogP contribution in [0.2, 0.25) is 0 Å². The van der Waals surface area contributed by atoms with Gasteiger partial charge in [-0.15, -0.1) is 0 Å². The number of benzene rings is 1. The van der Waals surface area contributed by atoms with Gasteiger partial charge in [0.05, 0.1) is 17.4 Å². The van der Waals surface area contributed by atoms with Crippen molar-refractivity contribution in [1.29, 1.82) is 0 Å². The molecular weight excluding hydrogens is 262 g/mol. The summed E-state index contributed by atoms with van der Waals surface area (Å²) in [4.78, 5) is 14.6. The molecule has 4 nitrogen and oxygen atoms in total. The number of carbonyl (C=O) groups is 1. The maximum absolute atomic E-state index is 12.2. The second-order valence-electron chi connectivity index (χ2n) is 6.29. The number of nitrogens with one attached hydrogen (secondary N) is 1. The molecule has 21 heavy (non-hydrogen) atoms. The first-order chi connectivity index (χ1) is 10.1. The average molecular weight is 289 g/mol. The summed E-state index contributed by atoms with van der Waals surface area (Å²) in [5, 5.41) is 3.01. The number of rotatable bonds is 5. The third-order valence-electron chi connectivity index (χ3n) is 3.92. The first-order valence-corrected chi connectivity index (χ1v) is 7.98. The van der Waals surface area contributed by atoms with Crippen LogP contribution in [0.4, 0.5) is 11.4 Å². The number of amides is 1. The van der Waals surface area contributed by atoms with Gasteiger partial charge in [-0.25, -0.2) is 0 Å². The zero-order valence-corrected chi connectivity index (χ0v) is 13.1. The molecule has 4 heteroatoms. The first kappa shape index (κ1) is 15.8. The van der Waals surface area contributed by atoms with E-state index in [0.717, 1.165) is 24.5 Å². The Labute approximate surface area is 127 Å². The number of piperidine rings is 1. The molecular formula is C17H27N3O. The molecule has 0 saturated carbocycles. The van der Waals surface area contributed by atoms with Gasteiger partial charge in [0.2, 0.25) is 5.91 Å². The van der Waals surface area contributed by atoms with E-state index in [1.54, 1.807) is 0 Å². The molecule has 1 saturated heterocycles. The van der Waals surface area contributed by atoms with Gasteiger partial charge in [0.1, 0.15) is 0 Å². The van der Waals surface area contributed by atoms with E-state index < -0.39 is 6.04 Å². The lowest BCUT2D eigenvalue weighted by Crippen LogP contribution is -2.37. The fourth-order valence-electron chi connectivity index (χ4n) is 2.83. The molecule has 0 bridgehead atoms. The Bertz CT molecular complexity index is 467. The van der Waals surface area contributed by atoms with Crippen LogP contribution in [0.15, 0.2) is 24.3 Å². The van der Waals surface area contributed by atoms with Crippen molar-refractivity contribution in [1.82, 2.24) is 0 Å². The molecule has 1 fully saturated rings. The normalized spacial score (nSPS) is 16.9. The summed E-state index contributed by atoms with van der Waals surface area (Å²) < 4.78 is 0. The first-order valence-electron chi connectivity index (χ1n) is 7.98. The zero-order valence-electron chi connectivity index (χ0n) is 13.1. The van der Waals surface area contributed by atoms with Crippen molar-refractivity contribution in [3.8, 4) is 0 Å². The molecule has 1 unspecified atom stereocenters. The highest BCUT2D eigenvalue weighted by Crippen LogP contribution is 2.28. The van der Waals surface area contributed by atoms with Crippen molar-refractivity contribution in [3.63, 3.8) is 0 Å². The van der Waals surface area contributed by atoms with Gasteiger partial charge in [-0.1, -0.05) is 26.0 Å². The number of hydrogen-bond donors (Lipinski definition) is 2. The maximum Gasteiger partial charge on any atom is 0.241 e. The van der Waals surface area contributed by atoms with E-state index in [-0.39, 0.29) is 5.91 Å². The predicted molar refractivity (Wildman–Crippen MR) is 88.6 cm³/mol. The van der Waals surface area contributed by atoms with Crippen molar-refractivity contribution < 1.29 is 4.79 Å². The molecule has 0 aromatic heterocycles. The number of hydrogen-bond acceptors (Lipinski definition) is 3. The quantitative estimate of drug-likeness (QED) is 0.876. The smallest absolute Gasteiger partial charge is 0.241 e. The molecule has 116 valence electrons. The third kappa shape index (κ3) is 4.46. The van der Waals surface area contributed by atoms with E-state index >= 15 is 0 Å². The highest BCUT2D eigenvalue weighted by molar-refractivity contribution is 5.97. The topological polar surface area (TPSA) is 58.4 Å².